The summed E-state index contributed by atoms with van der Waals surface area (Å²) < 4.78 is 12.0. The number of carbonyl (C=O) groups excluding carboxylic acids is 2. The summed E-state index contributed by atoms with van der Waals surface area (Å²) in [5.74, 6) is 0.529. The number of carbonyl (C=O) groups is 2. The van der Waals surface area contributed by atoms with Crippen molar-refractivity contribution in [3.05, 3.63) is 17.5 Å². The molecule has 1 aromatic rings. The molecule has 0 spiro atoms. The van der Waals surface area contributed by atoms with Crippen LogP contribution in [0.5, 0.6) is 5.75 Å². The van der Waals surface area contributed by atoms with Crippen molar-refractivity contribution in [2.75, 3.05) is 13.2 Å². The van der Waals surface area contributed by atoms with Gasteiger partial charge in [-0.2, -0.15) is 0 Å². The van der Waals surface area contributed by atoms with Gasteiger partial charge in [0.05, 0.1) is 12.3 Å². The van der Waals surface area contributed by atoms with Crippen LogP contribution in [0.4, 0.5) is 4.79 Å². The maximum atomic E-state index is 11.4. The van der Waals surface area contributed by atoms with Crippen molar-refractivity contribution in [3.8, 4) is 5.75 Å². The summed E-state index contributed by atoms with van der Waals surface area (Å²) in [6, 6.07) is 1.83. The van der Waals surface area contributed by atoms with E-state index in [4.69, 9.17) is 9.47 Å². The van der Waals surface area contributed by atoms with Crippen LogP contribution < -0.4 is 10.1 Å². The number of aromatic nitrogens is 1. The van der Waals surface area contributed by atoms with Gasteiger partial charge in [0, 0.05) is 31.8 Å². The van der Waals surface area contributed by atoms with Crippen LogP contribution >= 0.6 is 0 Å². The van der Waals surface area contributed by atoms with E-state index in [1.54, 1.807) is 6.92 Å². The van der Waals surface area contributed by atoms with E-state index < -0.39 is 6.16 Å². The van der Waals surface area contributed by atoms with E-state index in [9.17, 15) is 9.59 Å². The van der Waals surface area contributed by atoms with Crippen molar-refractivity contribution >= 4 is 12.1 Å². The van der Waals surface area contributed by atoms with Crippen LogP contribution in [0, 0.1) is 13.8 Å². The van der Waals surface area contributed by atoms with E-state index >= 15 is 0 Å². The minimum absolute atomic E-state index is 0.00607. The van der Waals surface area contributed by atoms with Crippen LogP contribution in [0.15, 0.2) is 6.07 Å². The normalized spacial score (nSPS) is 10.3. The molecule has 6 heteroatoms. The maximum absolute atomic E-state index is 11.4. The first kappa shape index (κ1) is 17.1. The molecule has 1 amide bonds. The Bertz CT molecular complexity index is 494. The van der Waals surface area contributed by atoms with Crippen molar-refractivity contribution in [2.45, 2.75) is 47.1 Å². The first-order valence-electron chi connectivity index (χ1n) is 7.21. The minimum atomic E-state index is -0.677. The highest BCUT2D eigenvalue weighted by molar-refractivity contribution is 5.72. The lowest BCUT2D eigenvalue weighted by Crippen LogP contribution is -2.21. The Labute approximate surface area is 125 Å². The van der Waals surface area contributed by atoms with E-state index in [2.05, 4.69) is 9.88 Å². The van der Waals surface area contributed by atoms with E-state index in [1.807, 2.05) is 19.9 Å². The molecular formula is C15H24N2O4. The van der Waals surface area contributed by atoms with Gasteiger partial charge < -0.3 is 19.4 Å². The molecule has 0 saturated carbocycles. The molecule has 1 rings (SSSR count). The molecule has 0 saturated heterocycles. The van der Waals surface area contributed by atoms with Crippen LogP contribution in [0.1, 0.15) is 38.1 Å². The van der Waals surface area contributed by atoms with Gasteiger partial charge in [-0.3, -0.25) is 4.79 Å². The molecular weight excluding hydrogens is 272 g/mol. The van der Waals surface area contributed by atoms with Crippen LogP contribution in [-0.2, 0) is 16.1 Å². The molecule has 0 radical (unpaired) electrons. The van der Waals surface area contributed by atoms with Gasteiger partial charge >= 0.3 is 6.16 Å². The summed E-state index contributed by atoms with van der Waals surface area (Å²) in [5, 5.41) is 2.77. The fourth-order valence-corrected chi connectivity index (χ4v) is 2.11. The highest BCUT2D eigenvalue weighted by Crippen LogP contribution is 2.23. The zero-order valence-corrected chi connectivity index (χ0v) is 13.2. The lowest BCUT2D eigenvalue weighted by Gasteiger charge is -2.10. The largest absolute Gasteiger partial charge is 0.513 e. The number of hydrogen-bond acceptors (Lipinski definition) is 4. The molecule has 0 aliphatic rings. The highest BCUT2D eigenvalue weighted by Gasteiger charge is 2.14. The van der Waals surface area contributed by atoms with Gasteiger partial charge in [0.15, 0.2) is 5.75 Å². The number of nitrogens with one attached hydrogen (secondary N) is 1. The van der Waals surface area contributed by atoms with Gasteiger partial charge in [-0.25, -0.2) is 4.79 Å². The number of rotatable bonds is 7. The zero-order chi connectivity index (χ0) is 15.8. The molecule has 0 aliphatic carbocycles. The predicted molar refractivity (Wildman–Crippen MR) is 79.5 cm³/mol. The lowest BCUT2D eigenvalue weighted by atomic mass is 10.3. The highest BCUT2D eigenvalue weighted by atomic mass is 16.7. The molecule has 0 fully saturated rings. The van der Waals surface area contributed by atoms with E-state index in [0.29, 0.717) is 18.9 Å². The first-order chi connectivity index (χ1) is 9.95. The maximum Gasteiger partial charge on any atom is 0.513 e. The monoisotopic (exact) mass is 296 g/mol. The molecule has 1 N–H and O–H groups in total. The van der Waals surface area contributed by atoms with Gasteiger partial charge in [-0.1, -0.05) is 0 Å². The third kappa shape index (κ3) is 5.49. The third-order valence-electron chi connectivity index (χ3n) is 3.17. The molecule has 0 bridgehead atoms. The molecule has 0 atom stereocenters. The van der Waals surface area contributed by atoms with Gasteiger partial charge in [0.25, 0.3) is 0 Å². The van der Waals surface area contributed by atoms with Crippen molar-refractivity contribution in [2.24, 2.45) is 0 Å². The molecule has 118 valence electrons. The molecule has 1 aromatic heterocycles. The number of unbranched alkanes of at least 4 members (excludes halogenated alkanes) is 1. The average Bonchev–Trinajstić information content (AvgIpc) is 2.65. The van der Waals surface area contributed by atoms with Crippen molar-refractivity contribution < 1.29 is 19.1 Å². The molecule has 0 unspecified atom stereocenters. The summed E-state index contributed by atoms with van der Waals surface area (Å²) >= 11 is 0. The van der Waals surface area contributed by atoms with Crippen LogP contribution in [0.25, 0.3) is 0 Å². The molecule has 0 aromatic carbocycles. The number of amides is 1. The Hall–Kier alpha value is -1.98. The van der Waals surface area contributed by atoms with E-state index in [0.717, 1.165) is 30.8 Å². The Kier molecular flexibility index (Phi) is 6.78. The number of hydrogen-bond donors (Lipinski definition) is 1. The minimum Gasteiger partial charge on any atom is -0.434 e. The fraction of sp³-hybridized carbons (Fsp3) is 0.600. The van der Waals surface area contributed by atoms with Crippen molar-refractivity contribution in [3.63, 3.8) is 0 Å². The molecule has 1 heterocycles. The average molecular weight is 296 g/mol. The summed E-state index contributed by atoms with van der Waals surface area (Å²) in [6.45, 7) is 8.93. The molecule has 6 nitrogen and oxygen atoms in total. The van der Waals surface area contributed by atoms with E-state index in [-0.39, 0.29) is 5.91 Å². The Morgan fingerprint density at radius 3 is 2.62 bits per heavy atom. The summed E-state index contributed by atoms with van der Waals surface area (Å²) in [5.41, 5.74) is 1.94. The quantitative estimate of drug-likeness (QED) is 0.620. The summed E-state index contributed by atoms with van der Waals surface area (Å²) in [6.07, 6.45) is 1.17. The Balaban J connectivity index is 2.53. The van der Waals surface area contributed by atoms with Crippen molar-refractivity contribution in [1.82, 2.24) is 9.88 Å². The molecule has 21 heavy (non-hydrogen) atoms. The third-order valence-corrected chi connectivity index (χ3v) is 3.17. The van der Waals surface area contributed by atoms with Crippen LogP contribution in [0.3, 0.4) is 0 Å². The second kappa shape index (κ2) is 8.34. The smallest absolute Gasteiger partial charge is 0.434 e. The number of aryl methyl sites for hydroxylation is 1. The second-order valence-corrected chi connectivity index (χ2v) is 4.86. The zero-order valence-electron chi connectivity index (χ0n) is 13.2. The molecule has 0 aliphatic heterocycles. The standard InChI is InChI=1S/C15H24N2O4/c1-5-20-15(19)21-14-10-11(2)17(12(14)3)9-7-6-8-16-13(4)18/h10H,5-9H2,1-4H3,(H,16,18). The fourth-order valence-electron chi connectivity index (χ4n) is 2.11. The number of nitrogens with zero attached hydrogens (tertiary/aromatic N) is 1. The van der Waals surface area contributed by atoms with Crippen LogP contribution in [-0.4, -0.2) is 29.8 Å². The van der Waals surface area contributed by atoms with Gasteiger partial charge in [0.2, 0.25) is 5.91 Å². The Morgan fingerprint density at radius 2 is 2.00 bits per heavy atom. The topological polar surface area (TPSA) is 69.6 Å². The first-order valence-corrected chi connectivity index (χ1v) is 7.21. The SMILES string of the molecule is CCOC(=O)Oc1cc(C)n(CCCCNC(C)=O)c1C. The number of ether oxygens (including phenoxy) is 2. The van der Waals surface area contributed by atoms with Gasteiger partial charge in [-0.15, -0.1) is 0 Å². The summed E-state index contributed by atoms with van der Waals surface area (Å²) in [4.78, 5) is 22.1. The second-order valence-electron chi connectivity index (χ2n) is 4.86. The van der Waals surface area contributed by atoms with Crippen LogP contribution in [0.2, 0.25) is 0 Å². The van der Waals surface area contributed by atoms with Gasteiger partial charge in [-0.05, 0) is 33.6 Å². The van der Waals surface area contributed by atoms with Crippen molar-refractivity contribution in [1.29, 1.82) is 0 Å². The lowest BCUT2D eigenvalue weighted by molar-refractivity contribution is -0.118. The predicted octanol–water partition coefficient (Wildman–Crippen LogP) is 2.56. The van der Waals surface area contributed by atoms with E-state index in [1.165, 1.54) is 6.92 Å². The Morgan fingerprint density at radius 1 is 1.29 bits per heavy atom. The summed E-state index contributed by atoms with van der Waals surface area (Å²) in [7, 11) is 0. The van der Waals surface area contributed by atoms with Gasteiger partial charge in [0.1, 0.15) is 0 Å².